The number of ether oxygens (including phenoxy) is 2. The fourth-order valence-electron chi connectivity index (χ4n) is 3.31. The van der Waals surface area contributed by atoms with E-state index in [2.05, 4.69) is 31.3 Å². The summed E-state index contributed by atoms with van der Waals surface area (Å²) in [6.45, 7) is 5.61. The summed E-state index contributed by atoms with van der Waals surface area (Å²) in [7, 11) is 3.35. The quantitative estimate of drug-likeness (QED) is 0.891. The first-order valence-electron chi connectivity index (χ1n) is 7.60. The molecule has 3 heteroatoms. The highest BCUT2D eigenvalue weighted by Gasteiger charge is 2.26. The van der Waals surface area contributed by atoms with Crippen molar-refractivity contribution in [2.24, 2.45) is 11.8 Å². The van der Waals surface area contributed by atoms with E-state index in [9.17, 15) is 0 Å². The van der Waals surface area contributed by atoms with Gasteiger partial charge in [0.25, 0.3) is 0 Å². The van der Waals surface area contributed by atoms with Gasteiger partial charge in [-0.05, 0) is 42.4 Å². The fourth-order valence-corrected chi connectivity index (χ4v) is 3.31. The van der Waals surface area contributed by atoms with E-state index in [1.807, 2.05) is 6.07 Å². The smallest absolute Gasteiger partial charge is 0.161 e. The van der Waals surface area contributed by atoms with Crippen LogP contribution in [0, 0.1) is 11.8 Å². The van der Waals surface area contributed by atoms with Gasteiger partial charge in [-0.3, -0.25) is 0 Å². The van der Waals surface area contributed by atoms with Crippen LogP contribution in [-0.2, 0) is 6.54 Å². The van der Waals surface area contributed by atoms with Gasteiger partial charge in [0.2, 0.25) is 0 Å². The molecule has 0 aromatic heterocycles. The maximum atomic E-state index is 5.36. The molecule has 2 rings (SSSR count). The third kappa shape index (κ3) is 3.45. The molecule has 0 heterocycles. The lowest BCUT2D eigenvalue weighted by molar-refractivity contribution is 0.207. The zero-order valence-corrected chi connectivity index (χ0v) is 13.1. The fraction of sp³-hybridized carbons (Fsp3) is 0.647. The lowest BCUT2D eigenvalue weighted by Gasteiger charge is -2.35. The largest absolute Gasteiger partial charge is 0.493 e. The minimum absolute atomic E-state index is 0.622. The molecule has 3 nitrogen and oxygen atoms in total. The molecule has 1 aromatic carbocycles. The van der Waals surface area contributed by atoms with Crippen molar-refractivity contribution >= 4 is 0 Å². The summed E-state index contributed by atoms with van der Waals surface area (Å²) in [5, 5.41) is 3.73. The van der Waals surface area contributed by atoms with Crippen LogP contribution in [0.1, 0.15) is 38.7 Å². The molecule has 1 aliphatic carbocycles. The number of nitrogens with one attached hydrogen (secondary N) is 1. The predicted octanol–water partition coefficient (Wildman–Crippen LogP) is 3.62. The summed E-state index contributed by atoms with van der Waals surface area (Å²) in [4.78, 5) is 0. The lowest BCUT2D eigenvalue weighted by atomic mass is 9.78. The van der Waals surface area contributed by atoms with Crippen LogP contribution >= 0.6 is 0 Å². The van der Waals surface area contributed by atoms with Crippen LogP contribution in [-0.4, -0.2) is 20.3 Å². The first kappa shape index (κ1) is 15.2. The molecule has 112 valence electrons. The zero-order valence-electron chi connectivity index (χ0n) is 13.1. The van der Waals surface area contributed by atoms with Crippen LogP contribution < -0.4 is 14.8 Å². The Hall–Kier alpha value is -1.22. The molecule has 0 spiro atoms. The SMILES string of the molecule is COc1ccc(CNC2C(C)CCCC2C)cc1OC. The summed E-state index contributed by atoms with van der Waals surface area (Å²) in [5.41, 5.74) is 1.24. The van der Waals surface area contributed by atoms with E-state index in [0.717, 1.165) is 29.9 Å². The van der Waals surface area contributed by atoms with Crippen molar-refractivity contribution < 1.29 is 9.47 Å². The van der Waals surface area contributed by atoms with Gasteiger partial charge in [0.15, 0.2) is 11.5 Å². The minimum atomic E-state index is 0.622. The highest BCUT2D eigenvalue weighted by Crippen LogP contribution is 2.30. The zero-order chi connectivity index (χ0) is 14.5. The number of methoxy groups -OCH3 is 2. The van der Waals surface area contributed by atoms with Crippen molar-refractivity contribution in [2.45, 2.75) is 45.7 Å². The second-order valence-corrected chi connectivity index (χ2v) is 5.98. The molecule has 20 heavy (non-hydrogen) atoms. The molecule has 1 N–H and O–H groups in total. The van der Waals surface area contributed by atoms with Gasteiger partial charge in [-0.15, -0.1) is 0 Å². The third-order valence-corrected chi connectivity index (χ3v) is 4.53. The van der Waals surface area contributed by atoms with E-state index in [1.54, 1.807) is 14.2 Å². The lowest BCUT2D eigenvalue weighted by Crippen LogP contribution is -2.42. The molecule has 2 unspecified atom stereocenters. The summed E-state index contributed by atoms with van der Waals surface area (Å²) in [6.07, 6.45) is 4.05. The first-order valence-corrected chi connectivity index (χ1v) is 7.60. The Morgan fingerprint density at radius 3 is 2.30 bits per heavy atom. The molecule has 1 saturated carbocycles. The van der Waals surface area contributed by atoms with Gasteiger partial charge < -0.3 is 14.8 Å². The molecule has 1 fully saturated rings. The normalized spacial score (nSPS) is 26.3. The molecule has 0 radical (unpaired) electrons. The maximum absolute atomic E-state index is 5.36. The average molecular weight is 277 g/mol. The monoisotopic (exact) mass is 277 g/mol. The van der Waals surface area contributed by atoms with Gasteiger partial charge in [0, 0.05) is 12.6 Å². The van der Waals surface area contributed by atoms with E-state index in [1.165, 1.54) is 24.8 Å². The molecule has 1 aliphatic rings. The Kier molecular flexibility index (Phi) is 5.30. The minimum Gasteiger partial charge on any atom is -0.493 e. The second-order valence-electron chi connectivity index (χ2n) is 5.98. The van der Waals surface area contributed by atoms with Crippen LogP contribution in [0.5, 0.6) is 11.5 Å². The van der Waals surface area contributed by atoms with Crippen molar-refractivity contribution in [3.8, 4) is 11.5 Å². The van der Waals surface area contributed by atoms with Crippen molar-refractivity contribution in [2.75, 3.05) is 14.2 Å². The van der Waals surface area contributed by atoms with E-state index in [-0.39, 0.29) is 0 Å². The van der Waals surface area contributed by atoms with Crippen LogP contribution in [0.25, 0.3) is 0 Å². The highest BCUT2D eigenvalue weighted by molar-refractivity contribution is 5.42. The predicted molar refractivity (Wildman–Crippen MR) is 82.4 cm³/mol. The van der Waals surface area contributed by atoms with Gasteiger partial charge in [-0.2, -0.15) is 0 Å². The number of rotatable bonds is 5. The highest BCUT2D eigenvalue weighted by atomic mass is 16.5. The van der Waals surface area contributed by atoms with E-state index >= 15 is 0 Å². The maximum Gasteiger partial charge on any atom is 0.161 e. The molecule has 0 aliphatic heterocycles. The van der Waals surface area contributed by atoms with Gasteiger partial charge in [0.05, 0.1) is 14.2 Å². The molecular weight excluding hydrogens is 250 g/mol. The Balaban J connectivity index is 1.99. The van der Waals surface area contributed by atoms with Crippen molar-refractivity contribution in [1.29, 1.82) is 0 Å². The topological polar surface area (TPSA) is 30.5 Å². The Morgan fingerprint density at radius 2 is 1.70 bits per heavy atom. The van der Waals surface area contributed by atoms with Gasteiger partial charge >= 0.3 is 0 Å². The second kappa shape index (κ2) is 6.98. The molecule has 0 amide bonds. The standard InChI is InChI=1S/C17H27NO2/c1-12-6-5-7-13(2)17(12)18-11-14-8-9-15(19-3)16(10-14)20-4/h8-10,12-13,17-18H,5-7,11H2,1-4H3. The summed E-state index contributed by atoms with van der Waals surface area (Å²) in [6, 6.07) is 6.76. The first-order chi connectivity index (χ1) is 9.65. The van der Waals surface area contributed by atoms with Crippen LogP contribution in [0.2, 0.25) is 0 Å². The summed E-state index contributed by atoms with van der Waals surface area (Å²) < 4.78 is 10.6. The van der Waals surface area contributed by atoms with Gasteiger partial charge in [-0.25, -0.2) is 0 Å². The third-order valence-electron chi connectivity index (χ3n) is 4.53. The molecule has 0 saturated heterocycles. The van der Waals surface area contributed by atoms with Crippen LogP contribution in [0.15, 0.2) is 18.2 Å². The Bertz CT molecular complexity index is 423. The molecule has 0 bridgehead atoms. The van der Waals surface area contributed by atoms with E-state index < -0.39 is 0 Å². The van der Waals surface area contributed by atoms with Gasteiger partial charge in [0.1, 0.15) is 0 Å². The Labute approximate surface area is 122 Å². The van der Waals surface area contributed by atoms with Gasteiger partial charge in [-0.1, -0.05) is 26.3 Å². The van der Waals surface area contributed by atoms with Crippen molar-refractivity contribution in [1.82, 2.24) is 5.32 Å². The summed E-state index contributed by atoms with van der Waals surface area (Å²) >= 11 is 0. The molecule has 2 atom stereocenters. The summed E-state index contributed by atoms with van der Waals surface area (Å²) in [5.74, 6) is 3.12. The van der Waals surface area contributed by atoms with Crippen molar-refractivity contribution in [3.63, 3.8) is 0 Å². The van der Waals surface area contributed by atoms with E-state index in [4.69, 9.17) is 9.47 Å². The van der Waals surface area contributed by atoms with Crippen LogP contribution in [0.4, 0.5) is 0 Å². The van der Waals surface area contributed by atoms with E-state index in [0.29, 0.717) is 6.04 Å². The number of hydrogen-bond acceptors (Lipinski definition) is 3. The average Bonchev–Trinajstić information content (AvgIpc) is 2.46. The van der Waals surface area contributed by atoms with Crippen molar-refractivity contribution in [3.05, 3.63) is 23.8 Å². The molecule has 1 aromatic rings. The Morgan fingerprint density at radius 1 is 1.05 bits per heavy atom. The number of hydrogen-bond donors (Lipinski definition) is 1. The van der Waals surface area contributed by atoms with Crippen LogP contribution in [0.3, 0.4) is 0 Å². The number of benzene rings is 1. The molecular formula is C17H27NO2.